The zero-order valence-electron chi connectivity index (χ0n) is 18.4. The van der Waals surface area contributed by atoms with E-state index in [1.54, 1.807) is 44.2 Å². The summed E-state index contributed by atoms with van der Waals surface area (Å²) in [6.07, 6.45) is 1.67. The van der Waals surface area contributed by atoms with Crippen LogP contribution in [0.3, 0.4) is 0 Å². The van der Waals surface area contributed by atoms with Crippen LogP contribution in [0.1, 0.15) is 37.9 Å². The minimum Gasteiger partial charge on any atom is -0.463 e. The molecule has 0 N–H and O–H groups in total. The number of hydrogen-bond donors (Lipinski definition) is 0. The summed E-state index contributed by atoms with van der Waals surface area (Å²) in [7, 11) is 0. The topological polar surface area (TPSA) is 87.0 Å². The van der Waals surface area contributed by atoms with Crippen molar-refractivity contribution in [2.75, 3.05) is 6.61 Å². The first-order valence-electron chi connectivity index (χ1n) is 10.4. The molecule has 8 heteroatoms. The van der Waals surface area contributed by atoms with Gasteiger partial charge < -0.3 is 9.47 Å². The van der Waals surface area contributed by atoms with Gasteiger partial charge in [-0.2, -0.15) is 0 Å². The van der Waals surface area contributed by atoms with Gasteiger partial charge in [0.1, 0.15) is 5.75 Å². The standard InChI is InChI=1S/C25H22N2O5S/c1-4-31-24(30)21-15(2)26-25-27(22(21)17-10-6-5-7-11-17)23(29)20(33-25)14-18-12-8-9-13-19(18)32-16(3)28/h5-14,22H,4H2,1-3H3/b20-14-/t22-/m0/s1. The Morgan fingerprint density at radius 3 is 2.52 bits per heavy atom. The second-order valence-corrected chi connectivity index (χ2v) is 8.35. The molecule has 7 nitrogen and oxygen atoms in total. The van der Waals surface area contributed by atoms with Crippen LogP contribution in [0.15, 0.2) is 75.7 Å². The maximum Gasteiger partial charge on any atom is 0.338 e. The Hall–Kier alpha value is -3.78. The van der Waals surface area contributed by atoms with Crippen LogP contribution in [-0.2, 0) is 14.3 Å². The highest BCUT2D eigenvalue weighted by molar-refractivity contribution is 7.07. The van der Waals surface area contributed by atoms with Gasteiger partial charge in [-0.15, -0.1) is 0 Å². The van der Waals surface area contributed by atoms with Gasteiger partial charge in [0.25, 0.3) is 5.56 Å². The number of ether oxygens (including phenoxy) is 2. The van der Waals surface area contributed by atoms with E-state index in [0.29, 0.717) is 31.9 Å². The first-order chi connectivity index (χ1) is 15.9. The summed E-state index contributed by atoms with van der Waals surface area (Å²) in [6.45, 7) is 5.02. The molecule has 0 radical (unpaired) electrons. The second kappa shape index (κ2) is 9.38. The first kappa shape index (κ1) is 22.4. The summed E-state index contributed by atoms with van der Waals surface area (Å²) in [5, 5.41) is 0. The van der Waals surface area contributed by atoms with Crippen molar-refractivity contribution in [3.63, 3.8) is 0 Å². The average molecular weight is 463 g/mol. The third-order valence-corrected chi connectivity index (χ3v) is 6.07. The van der Waals surface area contributed by atoms with E-state index in [1.807, 2.05) is 30.3 Å². The molecule has 168 valence electrons. The van der Waals surface area contributed by atoms with E-state index >= 15 is 0 Å². The van der Waals surface area contributed by atoms with Gasteiger partial charge in [-0.25, -0.2) is 9.79 Å². The molecule has 0 fully saturated rings. The predicted molar refractivity (Wildman–Crippen MR) is 125 cm³/mol. The van der Waals surface area contributed by atoms with E-state index in [0.717, 1.165) is 5.56 Å². The molecule has 0 saturated carbocycles. The Balaban J connectivity index is 1.94. The lowest BCUT2D eigenvalue weighted by molar-refractivity contribution is -0.139. The minimum atomic E-state index is -0.660. The first-order valence-corrected chi connectivity index (χ1v) is 11.2. The van der Waals surface area contributed by atoms with Crippen molar-refractivity contribution in [1.82, 2.24) is 4.57 Å². The number of rotatable bonds is 5. The van der Waals surface area contributed by atoms with Crippen LogP contribution >= 0.6 is 11.3 Å². The van der Waals surface area contributed by atoms with Crippen molar-refractivity contribution in [3.8, 4) is 5.75 Å². The molecule has 0 bridgehead atoms. The van der Waals surface area contributed by atoms with Crippen LogP contribution in [0.25, 0.3) is 6.08 Å². The van der Waals surface area contributed by atoms with E-state index in [1.165, 1.54) is 22.8 Å². The van der Waals surface area contributed by atoms with Gasteiger partial charge in [-0.3, -0.25) is 14.2 Å². The molecule has 1 aliphatic rings. The summed E-state index contributed by atoms with van der Waals surface area (Å²) in [4.78, 5) is 42.9. The van der Waals surface area contributed by atoms with Crippen molar-refractivity contribution in [1.29, 1.82) is 0 Å². The lowest BCUT2D eigenvalue weighted by Gasteiger charge is -2.24. The van der Waals surface area contributed by atoms with E-state index in [2.05, 4.69) is 4.99 Å². The molecule has 1 aromatic heterocycles. The van der Waals surface area contributed by atoms with Crippen molar-refractivity contribution in [3.05, 3.63) is 96.7 Å². The SMILES string of the molecule is CCOC(=O)C1=C(C)N=c2s/c(=C\c3ccccc3OC(C)=O)c(=O)n2[C@H]1c1ccccc1. The second-order valence-electron chi connectivity index (χ2n) is 7.34. The number of para-hydroxylation sites is 1. The maximum atomic E-state index is 13.6. The number of aromatic nitrogens is 1. The largest absolute Gasteiger partial charge is 0.463 e. The Kier molecular flexibility index (Phi) is 6.37. The number of esters is 2. The Morgan fingerprint density at radius 2 is 1.82 bits per heavy atom. The number of thiazole rings is 1. The van der Waals surface area contributed by atoms with Crippen molar-refractivity contribution < 1.29 is 19.1 Å². The predicted octanol–water partition coefficient (Wildman–Crippen LogP) is 2.72. The highest BCUT2D eigenvalue weighted by Gasteiger charge is 2.33. The van der Waals surface area contributed by atoms with Gasteiger partial charge in [0.15, 0.2) is 4.80 Å². The summed E-state index contributed by atoms with van der Waals surface area (Å²) in [5.41, 5.74) is 1.93. The van der Waals surface area contributed by atoms with Crippen molar-refractivity contribution in [2.24, 2.45) is 4.99 Å². The third kappa shape index (κ3) is 4.42. The molecule has 0 aliphatic carbocycles. The van der Waals surface area contributed by atoms with Gasteiger partial charge >= 0.3 is 11.9 Å². The van der Waals surface area contributed by atoms with Crippen molar-refractivity contribution in [2.45, 2.75) is 26.8 Å². The zero-order valence-corrected chi connectivity index (χ0v) is 19.2. The molecule has 4 rings (SSSR count). The summed E-state index contributed by atoms with van der Waals surface area (Å²) in [5.74, 6) is -0.586. The summed E-state index contributed by atoms with van der Waals surface area (Å²) in [6, 6.07) is 15.7. The van der Waals surface area contributed by atoms with Gasteiger partial charge in [-0.05, 0) is 31.6 Å². The highest BCUT2D eigenvalue weighted by Crippen LogP contribution is 2.30. The van der Waals surface area contributed by atoms with E-state index in [9.17, 15) is 14.4 Å². The molecule has 2 heterocycles. The fourth-order valence-corrected chi connectivity index (χ4v) is 4.77. The molecular formula is C25H22N2O5S. The number of allylic oxidation sites excluding steroid dienone is 1. The fraction of sp³-hybridized carbons (Fsp3) is 0.200. The molecular weight excluding hydrogens is 440 g/mol. The van der Waals surface area contributed by atoms with Crippen LogP contribution in [0, 0.1) is 0 Å². The zero-order chi connectivity index (χ0) is 23.5. The highest BCUT2D eigenvalue weighted by atomic mass is 32.1. The molecule has 0 saturated heterocycles. The van der Waals surface area contributed by atoms with Gasteiger partial charge in [0, 0.05) is 12.5 Å². The normalized spacial score (nSPS) is 15.6. The van der Waals surface area contributed by atoms with Crippen molar-refractivity contribution >= 4 is 29.4 Å². The van der Waals surface area contributed by atoms with E-state index < -0.39 is 18.0 Å². The van der Waals surface area contributed by atoms with Gasteiger partial charge in [0.05, 0.1) is 28.5 Å². The van der Waals surface area contributed by atoms with E-state index in [-0.39, 0.29) is 12.2 Å². The lowest BCUT2D eigenvalue weighted by atomic mass is 9.96. The molecule has 0 spiro atoms. The molecule has 0 amide bonds. The quantitative estimate of drug-likeness (QED) is 0.430. The average Bonchev–Trinajstić information content (AvgIpc) is 3.09. The van der Waals surface area contributed by atoms with Gasteiger partial charge in [0.2, 0.25) is 0 Å². The monoisotopic (exact) mass is 462 g/mol. The molecule has 2 aromatic carbocycles. The third-order valence-electron chi connectivity index (χ3n) is 5.09. The fourth-order valence-electron chi connectivity index (χ4n) is 3.73. The molecule has 1 atom stereocenters. The van der Waals surface area contributed by atoms with Crippen LogP contribution in [0.2, 0.25) is 0 Å². The lowest BCUT2D eigenvalue weighted by Crippen LogP contribution is -2.39. The number of carbonyl (C=O) groups excluding carboxylic acids is 2. The molecule has 33 heavy (non-hydrogen) atoms. The summed E-state index contributed by atoms with van der Waals surface area (Å²) >= 11 is 1.22. The minimum absolute atomic E-state index is 0.217. The molecule has 3 aromatic rings. The number of fused-ring (bicyclic) bond motifs is 1. The summed E-state index contributed by atoms with van der Waals surface area (Å²) < 4.78 is 12.5. The Morgan fingerprint density at radius 1 is 1.12 bits per heavy atom. The van der Waals surface area contributed by atoms with Crippen LogP contribution < -0.4 is 19.6 Å². The maximum absolute atomic E-state index is 13.6. The van der Waals surface area contributed by atoms with Gasteiger partial charge in [-0.1, -0.05) is 59.9 Å². The Bertz CT molecular complexity index is 1430. The Labute approximate surface area is 193 Å². The van der Waals surface area contributed by atoms with Crippen LogP contribution in [-0.4, -0.2) is 23.1 Å². The number of benzene rings is 2. The molecule has 1 aliphatic heterocycles. The smallest absolute Gasteiger partial charge is 0.338 e. The number of nitrogens with zero attached hydrogens (tertiary/aromatic N) is 2. The molecule has 0 unspecified atom stereocenters. The number of carbonyl (C=O) groups is 2. The van der Waals surface area contributed by atoms with E-state index in [4.69, 9.17) is 9.47 Å². The van der Waals surface area contributed by atoms with Crippen LogP contribution in [0.4, 0.5) is 0 Å². The van der Waals surface area contributed by atoms with Crippen LogP contribution in [0.5, 0.6) is 5.75 Å². The number of hydrogen-bond acceptors (Lipinski definition) is 7.